The van der Waals surface area contributed by atoms with E-state index in [1.54, 1.807) is 13.1 Å². The van der Waals surface area contributed by atoms with Gasteiger partial charge >= 0.3 is 6.18 Å². The highest BCUT2D eigenvalue weighted by atomic mass is 19.4. The van der Waals surface area contributed by atoms with Crippen LogP contribution in [0.5, 0.6) is 0 Å². The van der Waals surface area contributed by atoms with Crippen molar-refractivity contribution >= 4 is 0 Å². The van der Waals surface area contributed by atoms with Crippen LogP contribution in [0.1, 0.15) is 5.69 Å². The van der Waals surface area contributed by atoms with Crippen molar-refractivity contribution in [3.63, 3.8) is 0 Å². The Morgan fingerprint density at radius 3 is 2.68 bits per heavy atom. The summed E-state index contributed by atoms with van der Waals surface area (Å²) in [5.74, 6) is 0.261. The van der Waals surface area contributed by atoms with Gasteiger partial charge in [0.1, 0.15) is 12.2 Å². The average molecular weight is 310 g/mol. The van der Waals surface area contributed by atoms with Crippen LogP contribution in [0, 0.1) is 6.92 Å². The number of halogens is 3. The van der Waals surface area contributed by atoms with Crippen LogP contribution in [-0.4, -0.2) is 36.1 Å². The highest BCUT2D eigenvalue weighted by Crippen LogP contribution is 2.22. The summed E-state index contributed by atoms with van der Waals surface area (Å²) in [5.41, 5.74) is 1.44. The lowest BCUT2D eigenvalue weighted by molar-refractivity contribution is -0.142. The minimum atomic E-state index is -4.35. The summed E-state index contributed by atoms with van der Waals surface area (Å²) in [6, 6.07) is 0. The Morgan fingerprint density at radius 2 is 2.00 bits per heavy atom. The van der Waals surface area contributed by atoms with Gasteiger partial charge in [-0.05, 0) is 6.92 Å². The van der Waals surface area contributed by atoms with Crippen molar-refractivity contribution in [2.45, 2.75) is 19.6 Å². The Kier molecular flexibility index (Phi) is 3.35. The summed E-state index contributed by atoms with van der Waals surface area (Å²) >= 11 is 0. The van der Waals surface area contributed by atoms with Crippen LogP contribution in [0.15, 0.2) is 29.3 Å². The second-order valence-electron chi connectivity index (χ2n) is 4.51. The molecule has 7 nitrogen and oxygen atoms in total. The highest BCUT2D eigenvalue weighted by molar-refractivity contribution is 5.55. The van der Waals surface area contributed by atoms with Gasteiger partial charge in [-0.25, -0.2) is 4.98 Å². The molecule has 3 rings (SSSR count). The third kappa shape index (κ3) is 3.10. The lowest BCUT2D eigenvalue weighted by Gasteiger charge is -2.04. The predicted octanol–water partition coefficient (Wildman–Crippen LogP) is 2.26. The van der Waals surface area contributed by atoms with Crippen molar-refractivity contribution in [1.29, 1.82) is 0 Å². The largest absolute Gasteiger partial charge is 0.408 e. The molecule has 3 aromatic rings. The summed E-state index contributed by atoms with van der Waals surface area (Å²) in [6.07, 6.45) is 1.10. The molecule has 0 saturated carbocycles. The molecule has 0 atom stereocenters. The fourth-order valence-corrected chi connectivity index (χ4v) is 1.70. The predicted molar refractivity (Wildman–Crippen MR) is 67.3 cm³/mol. The number of rotatable bonds is 3. The Morgan fingerprint density at radius 1 is 1.18 bits per heavy atom. The molecular formula is C12H9F3N6O. The van der Waals surface area contributed by atoms with Gasteiger partial charge < -0.3 is 4.52 Å². The number of hydrogen-bond acceptors (Lipinski definition) is 6. The van der Waals surface area contributed by atoms with E-state index in [9.17, 15) is 13.2 Å². The number of hydrogen-bond donors (Lipinski definition) is 0. The van der Waals surface area contributed by atoms with Gasteiger partial charge in [0.15, 0.2) is 0 Å². The average Bonchev–Trinajstić information content (AvgIpc) is 3.06. The van der Waals surface area contributed by atoms with E-state index in [-0.39, 0.29) is 11.7 Å². The summed E-state index contributed by atoms with van der Waals surface area (Å²) in [7, 11) is 0. The second kappa shape index (κ2) is 5.20. The fraction of sp³-hybridized carbons (Fsp3) is 0.250. The maximum atomic E-state index is 12.3. The molecule has 114 valence electrons. The van der Waals surface area contributed by atoms with E-state index in [4.69, 9.17) is 4.52 Å². The summed E-state index contributed by atoms with van der Waals surface area (Å²) in [6.45, 7) is 0.602. The molecule has 0 aromatic carbocycles. The van der Waals surface area contributed by atoms with Crippen molar-refractivity contribution in [1.82, 2.24) is 29.9 Å². The minimum Gasteiger partial charge on any atom is -0.333 e. The van der Waals surface area contributed by atoms with Gasteiger partial charge in [0.25, 0.3) is 5.89 Å². The molecule has 0 aliphatic heterocycles. The third-order valence-corrected chi connectivity index (χ3v) is 2.66. The Balaban J connectivity index is 1.83. The van der Waals surface area contributed by atoms with Crippen LogP contribution in [0.3, 0.4) is 0 Å². The lowest BCUT2D eigenvalue weighted by atomic mass is 10.3. The first kappa shape index (κ1) is 14.2. The highest BCUT2D eigenvalue weighted by Gasteiger charge is 2.28. The minimum absolute atomic E-state index is 0.0609. The second-order valence-corrected chi connectivity index (χ2v) is 4.51. The van der Waals surface area contributed by atoms with Crippen LogP contribution in [0.2, 0.25) is 0 Å². The maximum Gasteiger partial charge on any atom is 0.408 e. The van der Waals surface area contributed by atoms with E-state index in [1.807, 2.05) is 0 Å². The molecule has 3 aromatic heterocycles. The Labute approximate surface area is 121 Å². The molecule has 0 aliphatic rings. The topological polar surface area (TPSA) is 82.5 Å². The summed E-state index contributed by atoms with van der Waals surface area (Å²) in [4.78, 5) is 12.2. The number of aromatic nitrogens is 6. The van der Waals surface area contributed by atoms with Crippen LogP contribution in [0.4, 0.5) is 13.2 Å². The van der Waals surface area contributed by atoms with Gasteiger partial charge in [-0.2, -0.15) is 23.3 Å². The van der Waals surface area contributed by atoms with Crippen molar-refractivity contribution in [2.75, 3.05) is 0 Å². The van der Waals surface area contributed by atoms with E-state index in [0.717, 1.165) is 10.4 Å². The number of aryl methyl sites for hydroxylation is 1. The lowest BCUT2D eigenvalue weighted by Crippen LogP contribution is -2.17. The van der Waals surface area contributed by atoms with E-state index in [1.165, 1.54) is 18.6 Å². The summed E-state index contributed by atoms with van der Waals surface area (Å²) in [5, 5.41) is 7.34. The van der Waals surface area contributed by atoms with E-state index >= 15 is 0 Å². The molecule has 0 fully saturated rings. The first-order chi connectivity index (χ1) is 10.4. The smallest absolute Gasteiger partial charge is 0.333 e. The third-order valence-electron chi connectivity index (χ3n) is 2.66. The van der Waals surface area contributed by atoms with Crippen LogP contribution < -0.4 is 0 Å². The Bertz CT molecular complexity index is 777. The van der Waals surface area contributed by atoms with Crippen molar-refractivity contribution < 1.29 is 17.7 Å². The molecule has 0 unspecified atom stereocenters. The number of nitrogens with zero attached hydrogens (tertiary/aromatic N) is 6. The van der Waals surface area contributed by atoms with E-state index in [2.05, 4.69) is 25.2 Å². The van der Waals surface area contributed by atoms with Crippen LogP contribution >= 0.6 is 0 Å². The zero-order valence-electron chi connectivity index (χ0n) is 11.2. The quantitative estimate of drug-likeness (QED) is 0.738. The van der Waals surface area contributed by atoms with Crippen molar-refractivity contribution in [2.24, 2.45) is 0 Å². The SMILES string of the molecule is Cc1cnc(-c2noc(-c3cnn(CC(F)(F)F)c3)n2)cn1. The van der Waals surface area contributed by atoms with Gasteiger partial charge in [0.05, 0.1) is 23.7 Å². The summed E-state index contributed by atoms with van der Waals surface area (Å²) < 4.78 is 42.6. The molecule has 0 radical (unpaired) electrons. The monoisotopic (exact) mass is 310 g/mol. The molecule has 0 saturated heterocycles. The molecule has 10 heteroatoms. The normalized spacial score (nSPS) is 11.8. The first-order valence-electron chi connectivity index (χ1n) is 6.13. The van der Waals surface area contributed by atoms with Gasteiger partial charge in [0, 0.05) is 12.4 Å². The molecule has 3 heterocycles. The van der Waals surface area contributed by atoms with Crippen LogP contribution in [0.25, 0.3) is 23.0 Å². The zero-order chi connectivity index (χ0) is 15.7. The molecule has 0 amide bonds. The molecule has 0 aliphatic carbocycles. The van der Waals surface area contributed by atoms with Gasteiger partial charge in [0.2, 0.25) is 5.82 Å². The molecule has 0 spiro atoms. The fourth-order valence-electron chi connectivity index (χ4n) is 1.70. The van der Waals surface area contributed by atoms with Crippen molar-refractivity contribution in [3.05, 3.63) is 30.5 Å². The molecule has 0 bridgehead atoms. The first-order valence-corrected chi connectivity index (χ1v) is 6.13. The molecule has 0 N–H and O–H groups in total. The molecule has 22 heavy (non-hydrogen) atoms. The Hall–Kier alpha value is -2.78. The maximum absolute atomic E-state index is 12.3. The molecular weight excluding hydrogens is 301 g/mol. The van der Waals surface area contributed by atoms with Gasteiger partial charge in [-0.15, -0.1) is 0 Å². The van der Waals surface area contributed by atoms with Crippen LogP contribution in [-0.2, 0) is 6.54 Å². The van der Waals surface area contributed by atoms with E-state index < -0.39 is 12.7 Å². The van der Waals surface area contributed by atoms with E-state index in [0.29, 0.717) is 11.3 Å². The van der Waals surface area contributed by atoms with Gasteiger partial charge in [-0.3, -0.25) is 9.67 Å². The van der Waals surface area contributed by atoms with Crippen molar-refractivity contribution in [3.8, 4) is 23.0 Å². The zero-order valence-corrected chi connectivity index (χ0v) is 11.2. The number of alkyl halides is 3. The standard InChI is InChI=1S/C12H9F3N6O/c1-7-2-17-9(4-16-7)10-19-11(22-20-10)8-3-18-21(5-8)6-12(13,14)15/h2-5H,6H2,1H3. The van der Waals surface area contributed by atoms with Gasteiger partial charge in [-0.1, -0.05) is 5.16 Å².